The van der Waals surface area contributed by atoms with Crippen molar-refractivity contribution in [3.63, 3.8) is 0 Å². The Morgan fingerprint density at radius 1 is 1.40 bits per heavy atom. The molecule has 0 spiro atoms. The van der Waals surface area contributed by atoms with Gasteiger partial charge in [0.25, 0.3) is 0 Å². The normalized spacial score (nSPS) is 15.1. The maximum atomic E-state index is 11.9. The molecule has 0 saturated heterocycles. The highest BCUT2D eigenvalue weighted by atomic mass is 35.5. The van der Waals surface area contributed by atoms with E-state index >= 15 is 0 Å². The molecule has 4 heteroatoms. The standard InChI is InChI=1S/C11H22ClNO2/c1-8(2)9(3)11(14)13(4)6-10(12)7-15-5/h8-10H,6-7H2,1-5H3. The molecule has 3 nitrogen and oxygen atoms in total. The number of nitrogens with zero attached hydrogens (tertiary/aromatic N) is 1. The molecule has 0 aromatic heterocycles. The van der Waals surface area contributed by atoms with Crippen LogP contribution in [-0.2, 0) is 9.53 Å². The zero-order chi connectivity index (χ0) is 12.0. The Balaban J connectivity index is 4.09. The Morgan fingerprint density at radius 3 is 2.33 bits per heavy atom. The number of hydrogen-bond donors (Lipinski definition) is 0. The largest absolute Gasteiger partial charge is 0.383 e. The van der Waals surface area contributed by atoms with Gasteiger partial charge in [0.2, 0.25) is 5.91 Å². The lowest BCUT2D eigenvalue weighted by Crippen LogP contribution is -2.38. The Labute approximate surface area is 97.7 Å². The Bertz CT molecular complexity index is 197. The van der Waals surface area contributed by atoms with Gasteiger partial charge in [0, 0.05) is 26.6 Å². The first-order chi connectivity index (χ1) is 6.90. The van der Waals surface area contributed by atoms with E-state index in [0.29, 0.717) is 19.1 Å². The summed E-state index contributed by atoms with van der Waals surface area (Å²) in [4.78, 5) is 13.5. The van der Waals surface area contributed by atoms with Gasteiger partial charge in [-0.1, -0.05) is 20.8 Å². The highest BCUT2D eigenvalue weighted by molar-refractivity contribution is 6.21. The van der Waals surface area contributed by atoms with Gasteiger partial charge >= 0.3 is 0 Å². The van der Waals surface area contributed by atoms with Crippen molar-refractivity contribution in [2.24, 2.45) is 11.8 Å². The third-order valence-corrected chi connectivity index (χ3v) is 2.85. The molecule has 0 aliphatic carbocycles. The number of halogens is 1. The molecule has 0 rings (SSSR count). The van der Waals surface area contributed by atoms with Crippen molar-refractivity contribution in [3.8, 4) is 0 Å². The molecule has 2 atom stereocenters. The molecule has 15 heavy (non-hydrogen) atoms. The van der Waals surface area contributed by atoms with Crippen molar-refractivity contribution in [2.75, 3.05) is 27.3 Å². The molecule has 1 amide bonds. The van der Waals surface area contributed by atoms with Crippen LogP contribution in [0.1, 0.15) is 20.8 Å². The maximum absolute atomic E-state index is 11.9. The van der Waals surface area contributed by atoms with Crippen LogP contribution in [0, 0.1) is 11.8 Å². The zero-order valence-electron chi connectivity index (χ0n) is 10.3. The van der Waals surface area contributed by atoms with E-state index in [-0.39, 0.29) is 17.2 Å². The van der Waals surface area contributed by atoms with Crippen molar-refractivity contribution < 1.29 is 9.53 Å². The van der Waals surface area contributed by atoms with E-state index in [1.807, 2.05) is 20.8 Å². The third kappa shape index (κ3) is 5.38. The predicted molar refractivity (Wildman–Crippen MR) is 63.2 cm³/mol. The number of ether oxygens (including phenoxy) is 1. The Hall–Kier alpha value is -0.280. The molecule has 0 aliphatic rings. The fourth-order valence-electron chi connectivity index (χ4n) is 1.25. The van der Waals surface area contributed by atoms with Gasteiger partial charge in [0.05, 0.1) is 12.0 Å². The molecular weight excluding hydrogens is 214 g/mol. The molecule has 0 aliphatic heterocycles. The molecule has 2 unspecified atom stereocenters. The highest BCUT2D eigenvalue weighted by Gasteiger charge is 2.21. The van der Waals surface area contributed by atoms with E-state index < -0.39 is 0 Å². The van der Waals surface area contributed by atoms with Crippen LogP contribution in [0.3, 0.4) is 0 Å². The molecule has 0 saturated carbocycles. The molecular formula is C11H22ClNO2. The SMILES string of the molecule is COCC(Cl)CN(C)C(=O)C(C)C(C)C. The summed E-state index contributed by atoms with van der Waals surface area (Å²) in [6.07, 6.45) is 0. The quantitative estimate of drug-likeness (QED) is 0.659. The lowest BCUT2D eigenvalue weighted by Gasteiger charge is -2.25. The number of carbonyl (C=O) groups excluding carboxylic acids is 1. The monoisotopic (exact) mass is 235 g/mol. The van der Waals surface area contributed by atoms with Crippen LogP contribution in [-0.4, -0.2) is 43.5 Å². The Kier molecular flexibility index (Phi) is 6.94. The number of rotatable bonds is 6. The molecule has 0 heterocycles. The van der Waals surface area contributed by atoms with Crippen molar-refractivity contribution >= 4 is 17.5 Å². The van der Waals surface area contributed by atoms with Crippen LogP contribution in [0.15, 0.2) is 0 Å². The molecule has 90 valence electrons. The summed E-state index contributed by atoms with van der Waals surface area (Å²) >= 11 is 5.99. The molecule has 0 N–H and O–H groups in total. The second-order valence-electron chi connectivity index (χ2n) is 4.30. The summed E-state index contributed by atoms with van der Waals surface area (Å²) < 4.78 is 4.92. The van der Waals surface area contributed by atoms with E-state index in [1.165, 1.54) is 0 Å². The molecule has 0 radical (unpaired) electrons. The Morgan fingerprint density at radius 2 is 1.93 bits per heavy atom. The first kappa shape index (κ1) is 14.7. The van der Waals surface area contributed by atoms with Gasteiger partial charge in [0.15, 0.2) is 0 Å². The lowest BCUT2D eigenvalue weighted by atomic mass is 9.97. The minimum Gasteiger partial charge on any atom is -0.383 e. The summed E-state index contributed by atoms with van der Waals surface area (Å²) in [6.45, 7) is 7.04. The van der Waals surface area contributed by atoms with Crippen LogP contribution >= 0.6 is 11.6 Å². The topological polar surface area (TPSA) is 29.5 Å². The van der Waals surface area contributed by atoms with Crippen LogP contribution in [0.2, 0.25) is 0 Å². The summed E-state index contributed by atoms with van der Waals surface area (Å²) in [5, 5.41) is -0.136. The van der Waals surface area contributed by atoms with Gasteiger partial charge in [0.1, 0.15) is 0 Å². The first-order valence-electron chi connectivity index (χ1n) is 5.28. The minimum absolute atomic E-state index is 0.0430. The molecule has 0 fully saturated rings. The van der Waals surface area contributed by atoms with Gasteiger partial charge in [-0.25, -0.2) is 0 Å². The van der Waals surface area contributed by atoms with Crippen LogP contribution < -0.4 is 0 Å². The van der Waals surface area contributed by atoms with Crippen LogP contribution in [0.25, 0.3) is 0 Å². The van der Waals surface area contributed by atoms with E-state index in [1.54, 1.807) is 19.1 Å². The number of alkyl halides is 1. The number of hydrogen-bond acceptors (Lipinski definition) is 2. The predicted octanol–water partition coefficient (Wildman–Crippen LogP) is 1.99. The average Bonchev–Trinajstić information content (AvgIpc) is 2.15. The average molecular weight is 236 g/mol. The van der Waals surface area contributed by atoms with Gasteiger partial charge < -0.3 is 9.64 Å². The van der Waals surface area contributed by atoms with Crippen LogP contribution in [0.4, 0.5) is 0 Å². The third-order valence-electron chi connectivity index (χ3n) is 2.59. The second-order valence-corrected chi connectivity index (χ2v) is 4.92. The van der Waals surface area contributed by atoms with Crippen molar-refractivity contribution in [1.29, 1.82) is 0 Å². The fraction of sp³-hybridized carbons (Fsp3) is 0.909. The smallest absolute Gasteiger partial charge is 0.225 e. The van der Waals surface area contributed by atoms with Gasteiger partial charge in [-0.3, -0.25) is 4.79 Å². The van der Waals surface area contributed by atoms with Crippen LogP contribution in [0.5, 0.6) is 0 Å². The van der Waals surface area contributed by atoms with E-state index in [0.717, 1.165) is 0 Å². The number of amides is 1. The van der Waals surface area contributed by atoms with Gasteiger partial charge in [-0.15, -0.1) is 11.6 Å². The lowest BCUT2D eigenvalue weighted by molar-refractivity contribution is -0.135. The second kappa shape index (κ2) is 7.07. The van der Waals surface area contributed by atoms with E-state index in [4.69, 9.17) is 16.3 Å². The zero-order valence-corrected chi connectivity index (χ0v) is 11.0. The van der Waals surface area contributed by atoms with Crippen molar-refractivity contribution in [2.45, 2.75) is 26.1 Å². The first-order valence-corrected chi connectivity index (χ1v) is 5.71. The summed E-state index contributed by atoms with van der Waals surface area (Å²) in [5.74, 6) is 0.546. The van der Waals surface area contributed by atoms with Crippen molar-refractivity contribution in [3.05, 3.63) is 0 Å². The highest BCUT2D eigenvalue weighted by Crippen LogP contribution is 2.13. The summed E-state index contributed by atoms with van der Waals surface area (Å²) in [5.41, 5.74) is 0. The molecule has 0 aromatic carbocycles. The van der Waals surface area contributed by atoms with E-state index in [2.05, 4.69) is 0 Å². The molecule has 0 bridgehead atoms. The van der Waals surface area contributed by atoms with Crippen molar-refractivity contribution in [1.82, 2.24) is 4.90 Å². The maximum Gasteiger partial charge on any atom is 0.225 e. The number of methoxy groups -OCH3 is 1. The van der Waals surface area contributed by atoms with E-state index in [9.17, 15) is 4.79 Å². The fourth-order valence-corrected chi connectivity index (χ4v) is 1.59. The molecule has 0 aromatic rings. The minimum atomic E-state index is -0.136. The summed E-state index contributed by atoms with van der Waals surface area (Å²) in [6, 6.07) is 0. The summed E-state index contributed by atoms with van der Waals surface area (Å²) in [7, 11) is 3.39. The van der Waals surface area contributed by atoms with Gasteiger partial charge in [-0.2, -0.15) is 0 Å². The van der Waals surface area contributed by atoms with Gasteiger partial charge in [-0.05, 0) is 5.92 Å². The number of carbonyl (C=O) groups is 1.